The van der Waals surface area contributed by atoms with E-state index in [9.17, 15) is 0 Å². The van der Waals surface area contributed by atoms with Crippen molar-refractivity contribution in [2.45, 2.75) is 39.2 Å². The minimum Gasteiger partial charge on any atom is -0.384 e. The van der Waals surface area contributed by atoms with Gasteiger partial charge in [0.1, 0.15) is 0 Å². The van der Waals surface area contributed by atoms with Crippen molar-refractivity contribution in [3.63, 3.8) is 0 Å². The molecule has 0 amide bonds. The summed E-state index contributed by atoms with van der Waals surface area (Å²) in [6.45, 7) is 6.62. The standard InChI is InChI=1S/C11H23NO/c1-4-10(9(2)8-13-3)7-12-11-5-6-11/h9-12H,4-8H2,1-3H3. The summed E-state index contributed by atoms with van der Waals surface area (Å²) in [5.74, 6) is 1.46. The molecule has 0 aromatic heterocycles. The second-order valence-corrected chi connectivity index (χ2v) is 4.28. The molecule has 78 valence electrons. The zero-order chi connectivity index (χ0) is 9.68. The molecule has 1 N–H and O–H groups in total. The molecule has 2 heteroatoms. The number of rotatable bonds is 7. The fraction of sp³-hybridized carbons (Fsp3) is 1.00. The van der Waals surface area contributed by atoms with Crippen LogP contribution in [0.2, 0.25) is 0 Å². The lowest BCUT2D eigenvalue weighted by atomic mass is 9.92. The highest BCUT2D eigenvalue weighted by atomic mass is 16.5. The van der Waals surface area contributed by atoms with Crippen molar-refractivity contribution in [3.05, 3.63) is 0 Å². The Hall–Kier alpha value is -0.0800. The van der Waals surface area contributed by atoms with Crippen LogP contribution in [-0.2, 0) is 4.74 Å². The lowest BCUT2D eigenvalue weighted by Crippen LogP contribution is -2.29. The third-order valence-corrected chi connectivity index (χ3v) is 3.00. The van der Waals surface area contributed by atoms with E-state index in [2.05, 4.69) is 19.2 Å². The van der Waals surface area contributed by atoms with Crippen molar-refractivity contribution in [1.29, 1.82) is 0 Å². The van der Waals surface area contributed by atoms with Gasteiger partial charge in [-0.2, -0.15) is 0 Å². The molecule has 1 saturated carbocycles. The predicted molar refractivity (Wildman–Crippen MR) is 55.8 cm³/mol. The van der Waals surface area contributed by atoms with E-state index in [1.165, 1.54) is 25.8 Å². The Morgan fingerprint density at radius 2 is 2.15 bits per heavy atom. The molecule has 1 fully saturated rings. The van der Waals surface area contributed by atoms with Gasteiger partial charge >= 0.3 is 0 Å². The first kappa shape index (κ1) is 11.0. The zero-order valence-corrected chi connectivity index (χ0v) is 9.18. The Balaban J connectivity index is 2.14. The minimum absolute atomic E-state index is 0.682. The van der Waals surface area contributed by atoms with Crippen LogP contribution in [0.1, 0.15) is 33.1 Å². The summed E-state index contributed by atoms with van der Waals surface area (Å²) in [5, 5.41) is 3.59. The topological polar surface area (TPSA) is 21.3 Å². The van der Waals surface area contributed by atoms with Gasteiger partial charge in [0.25, 0.3) is 0 Å². The summed E-state index contributed by atoms with van der Waals surface area (Å²) >= 11 is 0. The highest BCUT2D eigenvalue weighted by Gasteiger charge is 2.23. The number of nitrogens with one attached hydrogen (secondary N) is 1. The molecule has 0 bridgehead atoms. The molecule has 1 aliphatic rings. The van der Waals surface area contributed by atoms with E-state index in [-0.39, 0.29) is 0 Å². The van der Waals surface area contributed by atoms with Gasteiger partial charge < -0.3 is 10.1 Å². The van der Waals surface area contributed by atoms with Crippen LogP contribution in [0.5, 0.6) is 0 Å². The summed E-state index contributed by atoms with van der Waals surface area (Å²) in [6, 6.07) is 0.837. The highest BCUT2D eigenvalue weighted by Crippen LogP contribution is 2.21. The molecular weight excluding hydrogens is 162 g/mol. The minimum atomic E-state index is 0.682. The first-order valence-electron chi connectivity index (χ1n) is 5.50. The summed E-state index contributed by atoms with van der Waals surface area (Å²) in [7, 11) is 1.79. The van der Waals surface area contributed by atoms with Crippen LogP contribution in [0.3, 0.4) is 0 Å². The van der Waals surface area contributed by atoms with Crippen LogP contribution in [0, 0.1) is 11.8 Å². The SMILES string of the molecule is CCC(CNC1CC1)C(C)COC. The Kier molecular flexibility index (Phi) is 4.74. The maximum Gasteiger partial charge on any atom is 0.0490 e. The molecule has 0 saturated heterocycles. The Bertz CT molecular complexity index is 134. The van der Waals surface area contributed by atoms with E-state index >= 15 is 0 Å². The molecule has 2 atom stereocenters. The smallest absolute Gasteiger partial charge is 0.0490 e. The monoisotopic (exact) mass is 185 g/mol. The normalized spacial score (nSPS) is 21.5. The Morgan fingerprint density at radius 1 is 1.46 bits per heavy atom. The molecule has 0 radical (unpaired) electrons. The molecule has 0 aromatic carbocycles. The number of ether oxygens (including phenoxy) is 1. The van der Waals surface area contributed by atoms with Crippen LogP contribution < -0.4 is 5.32 Å². The summed E-state index contributed by atoms with van der Waals surface area (Å²) in [5.41, 5.74) is 0. The van der Waals surface area contributed by atoms with Crippen LogP contribution in [0.15, 0.2) is 0 Å². The fourth-order valence-electron chi connectivity index (χ4n) is 1.75. The lowest BCUT2D eigenvalue weighted by molar-refractivity contribution is 0.127. The fourth-order valence-corrected chi connectivity index (χ4v) is 1.75. The van der Waals surface area contributed by atoms with Crippen molar-refractivity contribution < 1.29 is 4.74 Å². The highest BCUT2D eigenvalue weighted by molar-refractivity contribution is 4.82. The average molecular weight is 185 g/mol. The summed E-state index contributed by atoms with van der Waals surface area (Å²) < 4.78 is 5.18. The summed E-state index contributed by atoms with van der Waals surface area (Å²) in [6.07, 6.45) is 4.02. The van der Waals surface area contributed by atoms with Crippen LogP contribution in [0.25, 0.3) is 0 Å². The largest absolute Gasteiger partial charge is 0.384 e. The van der Waals surface area contributed by atoms with Crippen LogP contribution in [-0.4, -0.2) is 26.3 Å². The average Bonchev–Trinajstić information content (AvgIpc) is 2.89. The number of hydrogen-bond acceptors (Lipinski definition) is 2. The second kappa shape index (κ2) is 5.61. The van der Waals surface area contributed by atoms with Gasteiger partial charge in [0, 0.05) is 19.8 Å². The van der Waals surface area contributed by atoms with Gasteiger partial charge in [-0.3, -0.25) is 0 Å². The van der Waals surface area contributed by atoms with Gasteiger partial charge in [0.2, 0.25) is 0 Å². The molecular formula is C11H23NO. The van der Waals surface area contributed by atoms with Crippen molar-refractivity contribution in [1.82, 2.24) is 5.32 Å². The lowest BCUT2D eigenvalue weighted by Gasteiger charge is -2.22. The molecule has 1 rings (SSSR count). The van der Waals surface area contributed by atoms with E-state index < -0.39 is 0 Å². The maximum atomic E-state index is 5.18. The predicted octanol–water partition coefficient (Wildman–Crippen LogP) is 2.05. The molecule has 0 spiro atoms. The number of hydrogen-bond donors (Lipinski definition) is 1. The van der Waals surface area contributed by atoms with E-state index in [0.717, 1.165) is 18.6 Å². The molecule has 2 unspecified atom stereocenters. The zero-order valence-electron chi connectivity index (χ0n) is 9.18. The van der Waals surface area contributed by atoms with Gasteiger partial charge in [-0.15, -0.1) is 0 Å². The van der Waals surface area contributed by atoms with E-state index in [1.807, 2.05) is 0 Å². The van der Waals surface area contributed by atoms with E-state index in [4.69, 9.17) is 4.74 Å². The first-order valence-corrected chi connectivity index (χ1v) is 5.50. The molecule has 0 aromatic rings. The van der Waals surface area contributed by atoms with Crippen molar-refractivity contribution >= 4 is 0 Å². The molecule has 1 aliphatic carbocycles. The quantitative estimate of drug-likeness (QED) is 0.655. The van der Waals surface area contributed by atoms with Crippen molar-refractivity contribution in [2.75, 3.05) is 20.3 Å². The van der Waals surface area contributed by atoms with E-state index in [1.54, 1.807) is 7.11 Å². The molecule has 0 aliphatic heterocycles. The van der Waals surface area contributed by atoms with Gasteiger partial charge in [-0.25, -0.2) is 0 Å². The van der Waals surface area contributed by atoms with E-state index in [0.29, 0.717) is 5.92 Å². The van der Waals surface area contributed by atoms with Crippen LogP contribution in [0.4, 0.5) is 0 Å². The molecule has 2 nitrogen and oxygen atoms in total. The molecule has 13 heavy (non-hydrogen) atoms. The second-order valence-electron chi connectivity index (χ2n) is 4.28. The summed E-state index contributed by atoms with van der Waals surface area (Å²) in [4.78, 5) is 0. The maximum absolute atomic E-state index is 5.18. The Labute approximate surface area is 82.0 Å². The third-order valence-electron chi connectivity index (χ3n) is 3.00. The van der Waals surface area contributed by atoms with Crippen molar-refractivity contribution in [2.24, 2.45) is 11.8 Å². The van der Waals surface area contributed by atoms with Gasteiger partial charge in [0.05, 0.1) is 0 Å². The first-order chi connectivity index (χ1) is 6.27. The van der Waals surface area contributed by atoms with Gasteiger partial charge in [-0.1, -0.05) is 20.3 Å². The van der Waals surface area contributed by atoms with Crippen molar-refractivity contribution in [3.8, 4) is 0 Å². The molecule has 0 heterocycles. The Morgan fingerprint density at radius 3 is 2.62 bits per heavy atom. The van der Waals surface area contributed by atoms with Crippen LogP contribution >= 0.6 is 0 Å². The van der Waals surface area contributed by atoms with Gasteiger partial charge in [0.15, 0.2) is 0 Å². The number of methoxy groups -OCH3 is 1. The van der Waals surface area contributed by atoms with Gasteiger partial charge in [-0.05, 0) is 31.2 Å². The third kappa shape index (κ3) is 4.10.